The van der Waals surface area contributed by atoms with Crippen molar-refractivity contribution >= 4 is 27.1 Å². The minimum absolute atomic E-state index is 0.265. The van der Waals surface area contributed by atoms with Crippen LogP contribution in [0.2, 0.25) is 0 Å². The van der Waals surface area contributed by atoms with E-state index in [0.29, 0.717) is 5.69 Å². The van der Waals surface area contributed by atoms with E-state index in [9.17, 15) is 8.42 Å². The zero-order valence-electron chi connectivity index (χ0n) is 14.9. The molecule has 0 bridgehead atoms. The van der Waals surface area contributed by atoms with Crippen molar-refractivity contribution in [1.29, 1.82) is 0 Å². The molecule has 0 aliphatic carbocycles. The van der Waals surface area contributed by atoms with Crippen LogP contribution in [0.1, 0.15) is 12.5 Å². The fourth-order valence-corrected chi connectivity index (χ4v) is 3.99. The molecule has 4 nitrogen and oxygen atoms in total. The fraction of sp³-hybridized carbons (Fsp3) is 0.143. The van der Waals surface area contributed by atoms with Gasteiger partial charge >= 0.3 is 0 Å². The molecule has 3 aromatic rings. The molecule has 0 aliphatic heterocycles. The van der Waals surface area contributed by atoms with Gasteiger partial charge in [0.05, 0.1) is 4.90 Å². The quantitative estimate of drug-likeness (QED) is 0.671. The molecular weight excluding hydrogens is 344 g/mol. The third kappa shape index (κ3) is 4.06. The van der Waals surface area contributed by atoms with Crippen LogP contribution in [0, 0.1) is 6.92 Å². The van der Waals surface area contributed by atoms with Gasteiger partial charge in [0, 0.05) is 23.6 Å². The number of aryl methyl sites for hydroxylation is 1. The molecule has 1 N–H and O–H groups in total. The smallest absolute Gasteiger partial charge is 0.261 e. The molecule has 0 amide bonds. The summed E-state index contributed by atoms with van der Waals surface area (Å²) in [5.41, 5.74) is 3.56. The van der Waals surface area contributed by atoms with Gasteiger partial charge < -0.3 is 4.90 Å². The van der Waals surface area contributed by atoms with Crippen LogP contribution in [0.5, 0.6) is 0 Å². The Kier molecular flexibility index (Phi) is 5.28. The van der Waals surface area contributed by atoms with Gasteiger partial charge in [-0.25, -0.2) is 8.42 Å². The van der Waals surface area contributed by atoms with E-state index in [4.69, 9.17) is 0 Å². The van der Waals surface area contributed by atoms with E-state index < -0.39 is 10.0 Å². The normalized spacial score (nSPS) is 11.2. The van der Waals surface area contributed by atoms with Crippen LogP contribution in [-0.2, 0) is 10.0 Å². The van der Waals surface area contributed by atoms with E-state index in [1.807, 2.05) is 43.3 Å². The Morgan fingerprint density at radius 2 is 1.50 bits per heavy atom. The molecule has 0 saturated carbocycles. The minimum Gasteiger partial charge on any atom is -0.342 e. The van der Waals surface area contributed by atoms with Crippen molar-refractivity contribution in [3.63, 3.8) is 0 Å². The fourth-order valence-electron chi connectivity index (χ4n) is 2.83. The lowest BCUT2D eigenvalue weighted by molar-refractivity contribution is 0.601. The van der Waals surface area contributed by atoms with Gasteiger partial charge in [-0.2, -0.15) is 0 Å². The van der Waals surface area contributed by atoms with E-state index in [2.05, 4.69) is 28.7 Å². The second-order valence-electron chi connectivity index (χ2n) is 6.05. The molecule has 0 unspecified atom stereocenters. The molecule has 3 aromatic carbocycles. The van der Waals surface area contributed by atoms with Crippen molar-refractivity contribution in [2.24, 2.45) is 0 Å². The van der Waals surface area contributed by atoms with Crippen LogP contribution in [0.25, 0.3) is 0 Å². The number of para-hydroxylation sites is 1. The second-order valence-corrected chi connectivity index (χ2v) is 7.73. The molecular formula is C21H22N2O2S. The summed E-state index contributed by atoms with van der Waals surface area (Å²) in [7, 11) is -3.59. The lowest BCUT2D eigenvalue weighted by Gasteiger charge is -2.23. The average molecular weight is 366 g/mol. The first kappa shape index (κ1) is 18.0. The van der Waals surface area contributed by atoms with E-state index in [0.717, 1.165) is 23.5 Å². The minimum atomic E-state index is -3.59. The molecule has 5 heteroatoms. The third-order valence-corrected chi connectivity index (χ3v) is 5.49. The first-order chi connectivity index (χ1) is 12.5. The number of anilines is 3. The maximum Gasteiger partial charge on any atom is 0.261 e. The van der Waals surface area contributed by atoms with Gasteiger partial charge in [-0.15, -0.1) is 0 Å². The Bertz CT molecular complexity index is 968. The number of hydrogen-bond acceptors (Lipinski definition) is 3. The molecule has 0 aliphatic rings. The van der Waals surface area contributed by atoms with Crippen LogP contribution in [0.15, 0.2) is 83.8 Å². The predicted molar refractivity (Wildman–Crippen MR) is 108 cm³/mol. The van der Waals surface area contributed by atoms with Crippen LogP contribution in [-0.4, -0.2) is 15.0 Å². The van der Waals surface area contributed by atoms with Gasteiger partial charge in [-0.05, 0) is 67.9 Å². The van der Waals surface area contributed by atoms with Crippen molar-refractivity contribution in [2.45, 2.75) is 18.7 Å². The zero-order chi connectivity index (χ0) is 18.6. The summed E-state index contributed by atoms with van der Waals surface area (Å²) < 4.78 is 27.7. The molecule has 3 rings (SSSR count). The van der Waals surface area contributed by atoms with E-state index in [1.165, 1.54) is 0 Å². The lowest BCUT2D eigenvalue weighted by atomic mass is 10.2. The van der Waals surface area contributed by atoms with E-state index >= 15 is 0 Å². The molecule has 134 valence electrons. The average Bonchev–Trinajstić information content (AvgIpc) is 2.64. The summed E-state index contributed by atoms with van der Waals surface area (Å²) in [5.74, 6) is 0. The van der Waals surface area contributed by atoms with Crippen LogP contribution >= 0.6 is 0 Å². The maximum atomic E-state index is 12.5. The Morgan fingerprint density at radius 1 is 0.846 bits per heavy atom. The third-order valence-electron chi connectivity index (χ3n) is 4.12. The van der Waals surface area contributed by atoms with Gasteiger partial charge in [0.15, 0.2) is 0 Å². The first-order valence-corrected chi connectivity index (χ1v) is 10.00. The monoisotopic (exact) mass is 366 g/mol. The summed E-state index contributed by atoms with van der Waals surface area (Å²) in [6.07, 6.45) is 0. The highest BCUT2D eigenvalue weighted by atomic mass is 32.2. The number of hydrogen-bond donors (Lipinski definition) is 1. The van der Waals surface area contributed by atoms with Crippen LogP contribution in [0.3, 0.4) is 0 Å². The molecule has 0 radical (unpaired) electrons. The van der Waals surface area contributed by atoms with Crippen molar-refractivity contribution < 1.29 is 8.42 Å². The Balaban J connectivity index is 1.81. The predicted octanol–water partition coefficient (Wildman–Crippen LogP) is 4.95. The Labute approximate surface area is 155 Å². The van der Waals surface area contributed by atoms with Crippen molar-refractivity contribution in [1.82, 2.24) is 0 Å². The molecule has 0 aromatic heterocycles. The zero-order valence-corrected chi connectivity index (χ0v) is 15.7. The summed E-state index contributed by atoms with van der Waals surface area (Å²) in [4.78, 5) is 2.43. The number of sulfonamides is 1. The summed E-state index contributed by atoms with van der Waals surface area (Å²) in [6.45, 7) is 4.77. The van der Waals surface area contributed by atoms with Gasteiger partial charge in [-0.3, -0.25) is 4.72 Å². The van der Waals surface area contributed by atoms with Crippen molar-refractivity contribution in [3.05, 3.63) is 84.4 Å². The number of nitrogens with one attached hydrogen (secondary N) is 1. The standard InChI is InChI=1S/C21H22N2O2S/c1-3-23(19-9-5-4-6-10-19)20-14-12-18(13-15-20)22-26(24,25)21-11-7-8-17(2)16-21/h4-16,22H,3H2,1-2H3. The highest BCUT2D eigenvalue weighted by Crippen LogP contribution is 2.27. The second kappa shape index (κ2) is 7.62. The number of rotatable bonds is 6. The molecule has 0 spiro atoms. The highest BCUT2D eigenvalue weighted by Gasteiger charge is 2.14. The van der Waals surface area contributed by atoms with Gasteiger partial charge in [0.2, 0.25) is 0 Å². The van der Waals surface area contributed by atoms with Crippen LogP contribution < -0.4 is 9.62 Å². The highest BCUT2D eigenvalue weighted by molar-refractivity contribution is 7.92. The van der Waals surface area contributed by atoms with Gasteiger partial charge in [-0.1, -0.05) is 30.3 Å². The molecule has 0 saturated heterocycles. The molecule has 0 fully saturated rings. The number of benzene rings is 3. The molecule has 0 heterocycles. The van der Waals surface area contributed by atoms with Gasteiger partial charge in [0.25, 0.3) is 10.0 Å². The molecule has 26 heavy (non-hydrogen) atoms. The maximum absolute atomic E-state index is 12.5. The van der Waals surface area contributed by atoms with E-state index in [-0.39, 0.29) is 4.90 Å². The van der Waals surface area contributed by atoms with Crippen LogP contribution in [0.4, 0.5) is 17.1 Å². The Hall–Kier alpha value is -2.79. The first-order valence-electron chi connectivity index (χ1n) is 8.52. The van der Waals surface area contributed by atoms with Gasteiger partial charge in [0.1, 0.15) is 0 Å². The SMILES string of the molecule is CCN(c1ccccc1)c1ccc(NS(=O)(=O)c2cccc(C)c2)cc1. The van der Waals surface area contributed by atoms with Crippen molar-refractivity contribution in [2.75, 3.05) is 16.2 Å². The lowest BCUT2D eigenvalue weighted by Crippen LogP contribution is -2.16. The summed E-state index contributed by atoms with van der Waals surface area (Å²) in [5, 5.41) is 0. The topological polar surface area (TPSA) is 49.4 Å². The van der Waals surface area contributed by atoms with Crippen molar-refractivity contribution in [3.8, 4) is 0 Å². The van der Waals surface area contributed by atoms with E-state index in [1.54, 1.807) is 30.3 Å². The summed E-state index contributed by atoms with van der Waals surface area (Å²) in [6, 6.07) is 24.4. The summed E-state index contributed by atoms with van der Waals surface area (Å²) >= 11 is 0. The largest absolute Gasteiger partial charge is 0.342 e. The number of nitrogens with zero attached hydrogens (tertiary/aromatic N) is 1. The Morgan fingerprint density at radius 3 is 2.12 bits per heavy atom. The molecule has 0 atom stereocenters.